The third-order valence-electron chi connectivity index (χ3n) is 2.08. The minimum absolute atomic E-state index is 0.0829. The Balaban J connectivity index is 0. The van der Waals surface area contributed by atoms with E-state index in [-0.39, 0.29) is 17.3 Å². The summed E-state index contributed by atoms with van der Waals surface area (Å²) in [6.45, 7) is 6.15. The van der Waals surface area contributed by atoms with Gasteiger partial charge in [0.15, 0.2) is 0 Å². The monoisotopic (exact) mass is 395 g/mol. The average molecular weight is 396 g/mol. The molecule has 0 unspecified atom stereocenters. The number of aldehydes is 1. The van der Waals surface area contributed by atoms with E-state index in [1.165, 1.54) is 0 Å². The quantitative estimate of drug-likeness (QED) is 0.624. The van der Waals surface area contributed by atoms with E-state index in [9.17, 15) is 22.8 Å². The van der Waals surface area contributed by atoms with Gasteiger partial charge in [0.2, 0.25) is 0 Å². The number of benzene rings is 1. The number of carbonyl (C=O) groups is 2. The Morgan fingerprint density at radius 1 is 1.38 bits per heavy atom. The molecule has 0 radical (unpaired) electrons. The predicted octanol–water partition coefficient (Wildman–Crippen LogP) is 3.67. The Bertz CT molecular complexity index is 610. The average Bonchev–Trinajstić information content (AvgIpc) is 2.54. The first kappa shape index (κ1) is 26.0. The van der Waals surface area contributed by atoms with Crippen molar-refractivity contribution in [1.29, 1.82) is 0 Å². The summed E-state index contributed by atoms with van der Waals surface area (Å²) in [6.07, 6.45) is 0.461. The van der Waals surface area contributed by atoms with E-state index in [0.717, 1.165) is 36.1 Å². The highest BCUT2D eigenvalue weighted by Gasteiger charge is 2.32. The van der Waals surface area contributed by atoms with E-state index in [2.05, 4.69) is 25.5 Å². The predicted molar refractivity (Wildman–Crippen MR) is 94.0 cm³/mol. The smallest absolute Gasteiger partial charge is 0.404 e. The van der Waals surface area contributed by atoms with Gasteiger partial charge in [0.25, 0.3) is 0 Å². The lowest BCUT2D eigenvalue weighted by atomic mass is 10.2. The zero-order chi connectivity index (χ0) is 20.9. The van der Waals surface area contributed by atoms with Crippen LogP contribution < -0.4 is 9.64 Å². The molecule has 0 aliphatic carbocycles. The largest absolute Gasteiger partial charge is 0.573 e. The van der Waals surface area contributed by atoms with Crippen molar-refractivity contribution in [2.24, 2.45) is 5.92 Å². The molecular formula is C17H21ClF3NO4. The van der Waals surface area contributed by atoms with Crippen LogP contribution in [0.1, 0.15) is 20.8 Å². The molecule has 0 aliphatic heterocycles. The molecule has 0 heterocycles. The van der Waals surface area contributed by atoms with Gasteiger partial charge >= 0.3 is 12.3 Å². The third kappa shape index (κ3) is 11.3. The van der Waals surface area contributed by atoms with Crippen molar-refractivity contribution < 1.29 is 32.6 Å². The van der Waals surface area contributed by atoms with Crippen LogP contribution in [0.3, 0.4) is 0 Å². The number of alkyl halides is 3. The van der Waals surface area contributed by atoms with E-state index in [1.54, 1.807) is 5.92 Å². The van der Waals surface area contributed by atoms with Crippen molar-refractivity contribution in [3.8, 4) is 18.1 Å². The molecule has 26 heavy (non-hydrogen) atoms. The maximum absolute atomic E-state index is 12.1. The number of hydrogen-bond acceptors (Lipinski definition) is 4. The van der Waals surface area contributed by atoms with Crippen LogP contribution in [0, 0.1) is 18.3 Å². The number of terminal acetylenes is 1. The number of anilines is 1. The molecule has 1 N–H and O–H groups in total. The number of amides is 1. The highest BCUT2D eigenvalue weighted by atomic mass is 35.5. The second-order valence-corrected chi connectivity index (χ2v) is 5.53. The van der Waals surface area contributed by atoms with Gasteiger partial charge in [-0.3, -0.25) is 9.69 Å². The van der Waals surface area contributed by atoms with Gasteiger partial charge < -0.3 is 14.6 Å². The molecule has 0 bridgehead atoms. The van der Waals surface area contributed by atoms with Crippen molar-refractivity contribution in [3.63, 3.8) is 0 Å². The molecule has 0 atom stereocenters. The molecule has 0 aliphatic rings. The van der Waals surface area contributed by atoms with Crippen LogP contribution in [0.5, 0.6) is 5.75 Å². The highest BCUT2D eigenvalue weighted by molar-refractivity contribution is 6.32. The van der Waals surface area contributed by atoms with E-state index in [4.69, 9.17) is 23.1 Å². The molecule has 1 aromatic rings. The summed E-state index contributed by atoms with van der Waals surface area (Å²) < 4.78 is 39.9. The first-order valence-corrected chi connectivity index (χ1v) is 7.61. The van der Waals surface area contributed by atoms with E-state index in [0.29, 0.717) is 6.29 Å². The minimum Gasteiger partial charge on any atom is -0.404 e. The Morgan fingerprint density at radius 3 is 2.23 bits per heavy atom. The topological polar surface area (TPSA) is 66.8 Å². The van der Waals surface area contributed by atoms with Crippen LogP contribution >= 0.6 is 11.6 Å². The van der Waals surface area contributed by atoms with Crippen molar-refractivity contribution in [2.45, 2.75) is 27.1 Å². The van der Waals surface area contributed by atoms with Crippen molar-refractivity contribution in [3.05, 3.63) is 23.2 Å². The molecule has 1 aromatic carbocycles. The molecule has 0 saturated carbocycles. The molecule has 0 spiro atoms. The van der Waals surface area contributed by atoms with Gasteiger partial charge in [-0.15, -0.1) is 19.6 Å². The van der Waals surface area contributed by atoms with E-state index < -0.39 is 18.0 Å². The van der Waals surface area contributed by atoms with Gasteiger partial charge in [0.05, 0.1) is 11.6 Å². The summed E-state index contributed by atoms with van der Waals surface area (Å²) in [5.74, 6) is 1.18. The normalized spacial score (nSPS) is 9.73. The Labute approximate surface area is 155 Å². The fourth-order valence-corrected chi connectivity index (χ4v) is 1.54. The Kier molecular flexibility index (Phi) is 13.0. The molecule has 1 rings (SSSR count). The fraction of sp³-hybridized carbons (Fsp3) is 0.412. The summed E-state index contributed by atoms with van der Waals surface area (Å²) in [5.41, 5.74) is 0.0829. The minimum atomic E-state index is -4.89. The van der Waals surface area contributed by atoms with E-state index >= 15 is 0 Å². The van der Waals surface area contributed by atoms with E-state index in [1.807, 2.05) is 0 Å². The summed E-state index contributed by atoms with van der Waals surface area (Å²) in [6, 6.07) is 3.10. The zero-order valence-corrected chi connectivity index (χ0v) is 15.6. The Morgan fingerprint density at radius 2 is 1.88 bits per heavy atom. The number of nitrogens with zero attached hydrogens (tertiary/aromatic N) is 1. The number of halogens is 4. The van der Waals surface area contributed by atoms with Gasteiger partial charge in [0, 0.05) is 12.8 Å². The zero-order valence-electron chi connectivity index (χ0n) is 14.8. The molecule has 0 aromatic heterocycles. The number of carbonyl (C=O) groups excluding carboxylic acids is 2. The maximum atomic E-state index is 12.1. The van der Waals surface area contributed by atoms with Crippen LogP contribution in [-0.4, -0.2) is 37.3 Å². The molecule has 146 valence electrons. The van der Waals surface area contributed by atoms with Gasteiger partial charge in [-0.05, 0) is 30.0 Å². The Hall–Kier alpha value is -2.24. The van der Waals surface area contributed by atoms with Gasteiger partial charge in [-0.25, -0.2) is 0 Å². The summed E-state index contributed by atoms with van der Waals surface area (Å²) in [5, 5.41) is 6.63. The number of hydrogen-bond donors (Lipinski definition) is 1. The molecule has 0 fully saturated rings. The maximum Gasteiger partial charge on any atom is 0.573 e. The first-order chi connectivity index (χ1) is 12.0. The molecule has 5 nitrogen and oxygen atoms in total. The summed E-state index contributed by atoms with van der Waals surface area (Å²) >= 11 is 5.62. The molecule has 1 amide bonds. The second-order valence-electron chi connectivity index (χ2n) is 5.12. The number of ether oxygens (including phenoxy) is 1. The van der Waals surface area contributed by atoms with Gasteiger partial charge in [-0.1, -0.05) is 32.4 Å². The molecule has 9 heteroatoms. The molecular weight excluding hydrogens is 375 g/mol. The summed E-state index contributed by atoms with van der Waals surface area (Å²) in [4.78, 5) is 22.8. The highest BCUT2D eigenvalue weighted by Crippen LogP contribution is 2.33. The van der Waals surface area contributed by atoms with Crippen LogP contribution in [0.4, 0.5) is 18.9 Å². The third-order valence-corrected chi connectivity index (χ3v) is 2.37. The lowest BCUT2D eigenvalue weighted by molar-refractivity contribution is -0.274. The van der Waals surface area contributed by atoms with Gasteiger partial charge in [0.1, 0.15) is 12.0 Å². The lowest BCUT2D eigenvalue weighted by Gasteiger charge is -2.18. The number of aliphatic hydroxyl groups is 1. The van der Waals surface area contributed by atoms with Crippen molar-refractivity contribution >= 4 is 29.5 Å². The van der Waals surface area contributed by atoms with Gasteiger partial charge in [-0.2, -0.15) is 0 Å². The number of aliphatic hydroxyl groups excluding tert-OH is 1. The summed E-state index contributed by atoms with van der Waals surface area (Å²) in [7, 11) is 1.00. The number of rotatable bonds is 4. The molecule has 0 saturated heterocycles. The van der Waals surface area contributed by atoms with Crippen LogP contribution in [0.25, 0.3) is 0 Å². The SMILES string of the molecule is C#CC(=O)N(CC=O)c1ccc(OC(F)(F)F)c(Cl)c1.CC(C)C.CO. The van der Waals surface area contributed by atoms with Crippen molar-refractivity contribution in [2.75, 3.05) is 18.6 Å². The first-order valence-electron chi connectivity index (χ1n) is 7.23. The second kappa shape index (κ2) is 13.0. The van der Waals surface area contributed by atoms with Crippen molar-refractivity contribution in [1.82, 2.24) is 0 Å². The standard InChI is InChI=1S/C12H7ClF3NO3.C4H10.CH4O/c1-2-11(19)17(5-6-18)8-3-4-10(9(13)7-8)20-12(14,15)16;1-4(2)3;1-2/h1,3-4,6-7H,5H2;4H,1-3H3;2H,1H3. The lowest BCUT2D eigenvalue weighted by Crippen LogP contribution is -2.31. The van der Waals surface area contributed by atoms with Crippen LogP contribution in [-0.2, 0) is 9.59 Å². The van der Waals surface area contributed by atoms with Crippen LogP contribution in [0.15, 0.2) is 18.2 Å². The van der Waals surface area contributed by atoms with Crippen LogP contribution in [0.2, 0.25) is 5.02 Å². The fourth-order valence-electron chi connectivity index (χ4n) is 1.32.